The Hall–Kier alpha value is -4.19. The van der Waals surface area contributed by atoms with Crippen molar-refractivity contribution in [2.24, 2.45) is 0 Å². The number of carbonyl (C=O) groups excluding carboxylic acids is 3. The summed E-state index contributed by atoms with van der Waals surface area (Å²) in [4.78, 5) is 38.1. The molecule has 402 valence electrons. The molecule has 0 aliphatic carbocycles. The normalized spacial score (nSPS) is 13.0. The summed E-state index contributed by atoms with van der Waals surface area (Å²) in [7, 11) is 0. The van der Waals surface area contributed by atoms with Crippen molar-refractivity contribution < 1.29 is 28.6 Å². The summed E-state index contributed by atoms with van der Waals surface area (Å²) in [6.07, 6.45) is 80.6. The summed E-state index contributed by atoms with van der Waals surface area (Å²) in [5.74, 6) is -1.07. The zero-order valence-corrected chi connectivity index (χ0v) is 45.9. The topological polar surface area (TPSA) is 78.9 Å². The van der Waals surface area contributed by atoms with Crippen LogP contribution in [0.15, 0.2) is 122 Å². The van der Waals surface area contributed by atoms with Crippen molar-refractivity contribution >= 4 is 17.9 Å². The van der Waals surface area contributed by atoms with Gasteiger partial charge in [0, 0.05) is 19.3 Å². The van der Waals surface area contributed by atoms with Crippen LogP contribution in [-0.4, -0.2) is 37.2 Å². The van der Waals surface area contributed by atoms with Gasteiger partial charge in [-0.25, -0.2) is 0 Å². The monoisotopic (exact) mass is 983 g/mol. The number of ether oxygens (including phenoxy) is 3. The fourth-order valence-corrected chi connectivity index (χ4v) is 7.64. The first-order valence-corrected chi connectivity index (χ1v) is 29.0. The maximum atomic E-state index is 12.8. The van der Waals surface area contributed by atoms with Crippen molar-refractivity contribution in [3.63, 3.8) is 0 Å². The summed E-state index contributed by atoms with van der Waals surface area (Å²) in [6, 6.07) is 0. The van der Waals surface area contributed by atoms with Gasteiger partial charge in [-0.1, -0.05) is 258 Å². The van der Waals surface area contributed by atoms with E-state index >= 15 is 0 Å². The highest BCUT2D eigenvalue weighted by atomic mass is 16.6. The highest BCUT2D eigenvalue weighted by Gasteiger charge is 2.19. The van der Waals surface area contributed by atoms with E-state index in [1.165, 1.54) is 116 Å². The standard InChI is InChI=1S/C65H106O6/c1-4-7-10-13-16-19-22-25-28-31-32-35-37-40-43-46-49-52-55-58-64(67)70-61-62(71-65(68)59-56-53-50-47-44-41-38-34-30-27-24-21-18-15-12-9-6-3)60-69-63(66)57-54-51-48-45-42-39-36-33-29-26-23-20-17-14-11-8-5-2/h7,10,16,18-19,21,25,27-28,30,32,35,38,40-41,43,47,49-50,52,62H,4-6,8-9,11-15,17,20,22-24,26,29,31,33-34,36-37,39,42,44-46,48,51,53-61H2,1-3H3/b10-7-,19-16-,21-18-,28-25-,30-27-,35-32-,41-38-,43-40-,50-47-,52-49-. The van der Waals surface area contributed by atoms with Crippen LogP contribution in [0.1, 0.15) is 252 Å². The quantitative estimate of drug-likeness (QED) is 0.0261. The van der Waals surface area contributed by atoms with Crippen LogP contribution < -0.4 is 0 Å². The molecule has 0 fully saturated rings. The van der Waals surface area contributed by atoms with Crippen LogP contribution in [0.3, 0.4) is 0 Å². The number of unbranched alkanes of at least 4 members (excludes halogenated alkanes) is 20. The Labute approximate surface area is 437 Å². The minimum atomic E-state index is -0.839. The molecule has 0 aromatic rings. The largest absolute Gasteiger partial charge is 0.462 e. The third-order valence-electron chi connectivity index (χ3n) is 12.0. The minimum Gasteiger partial charge on any atom is -0.462 e. The third-order valence-corrected chi connectivity index (χ3v) is 12.0. The van der Waals surface area contributed by atoms with E-state index < -0.39 is 6.10 Å². The fraction of sp³-hybridized carbons (Fsp3) is 0.646. The smallest absolute Gasteiger partial charge is 0.306 e. The van der Waals surface area contributed by atoms with Gasteiger partial charge in [0.2, 0.25) is 0 Å². The zero-order valence-electron chi connectivity index (χ0n) is 45.9. The van der Waals surface area contributed by atoms with Gasteiger partial charge in [0.05, 0.1) is 0 Å². The molecule has 0 heterocycles. The average molecular weight is 984 g/mol. The summed E-state index contributed by atoms with van der Waals surface area (Å²) >= 11 is 0. The van der Waals surface area contributed by atoms with E-state index in [0.717, 1.165) is 83.5 Å². The summed E-state index contributed by atoms with van der Waals surface area (Å²) in [6.45, 7) is 6.39. The maximum absolute atomic E-state index is 12.8. The molecule has 0 saturated carbocycles. The molecular formula is C65H106O6. The molecule has 0 spiro atoms. The maximum Gasteiger partial charge on any atom is 0.306 e. The van der Waals surface area contributed by atoms with Gasteiger partial charge in [-0.3, -0.25) is 14.4 Å². The van der Waals surface area contributed by atoms with Gasteiger partial charge in [0.15, 0.2) is 6.10 Å². The van der Waals surface area contributed by atoms with Gasteiger partial charge in [-0.15, -0.1) is 0 Å². The van der Waals surface area contributed by atoms with Crippen molar-refractivity contribution in [1.82, 2.24) is 0 Å². The lowest BCUT2D eigenvalue weighted by Gasteiger charge is -2.18. The molecule has 6 heteroatoms. The molecule has 0 saturated heterocycles. The number of carbonyl (C=O) groups is 3. The second-order valence-corrected chi connectivity index (χ2v) is 18.8. The van der Waals surface area contributed by atoms with Crippen LogP contribution >= 0.6 is 0 Å². The lowest BCUT2D eigenvalue weighted by atomic mass is 10.0. The van der Waals surface area contributed by atoms with Gasteiger partial charge in [-0.2, -0.15) is 0 Å². The lowest BCUT2D eigenvalue weighted by Crippen LogP contribution is -2.30. The van der Waals surface area contributed by atoms with Crippen LogP contribution in [0.4, 0.5) is 0 Å². The van der Waals surface area contributed by atoms with E-state index in [4.69, 9.17) is 14.2 Å². The van der Waals surface area contributed by atoms with Gasteiger partial charge < -0.3 is 14.2 Å². The number of esters is 3. The Kier molecular flexibility index (Phi) is 54.9. The Morgan fingerprint density at radius 1 is 0.296 bits per heavy atom. The summed E-state index contributed by atoms with van der Waals surface area (Å²) in [5.41, 5.74) is 0. The number of allylic oxidation sites excluding steroid dienone is 20. The van der Waals surface area contributed by atoms with E-state index in [9.17, 15) is 14.4 Å². The van der Waals surface area contributed by atoms with Crippen molar-refractivity contribution in [1.29, 1.82) is 0 Å². The molecule has 0 N–H and O–H groups in total. The molecule has 0 aromatic carbocycles. The van der Waals surface area contributed by atoms with E-state index in [1.807, 2.05) is 12.2 Å². The van der Waals surface area contributed by atoms with Gasteiger partial charge in [0.25, 0.3) is 0 Å². The van der Waals surface area contributed by atoms with E-state index in [2.05, 4.69) is 130 Å². The van der Waals surface area contributed by atoms with Crippen LogP contribution in [0.25, 0.3) is 0 Å². The van der Waals surface area contributed by atoms with E-state index in [0.29, 0.717) is 19.3 Å². The van der Waals surface area contributed by atoms with Gasteiger partial charge in [-0.05, 0) is 96.3 Å². The van der Waals surface area contributed by atoms with Gasteiger partial charge >= 0.3 is 17.9 Å². The van der Waals surface area contributed by atoms with Crippen LogP contribution in [0.2, 0.25) is 0 Å². The molecule has 0 amide bonds. The van der Waals surface area contributed by atoms with Crippen LogP contribution in [0.5, 0.6) is 0 Å². The number of hydrogen-bond donors (Lipinski definition) is 0. The summed E-state index contributed by atoms with van der Waals surface area (Å²) < 4.78 is 16.7. The SMILES string of the molecule is CC/C=C\C/C=C\C/C=C\C/C=C\C/C=C\C/C=C\CCC(=O)OCC(COC(=O)CCCCCCCCCCCCCCCCCCC)OC(=O)CCC/C=C\C/C=C\C/C=C\C/C=C\CCCCC. The molecule has 0 aliphatic heterocycles. The molecule has 0 radical (unpaired) electrons. The Bertz CT molecular complexity index is 1500. The molecule has 0 rings (SSSR count). The van der Waals surface area contributed by atoms with E-state index in [1.54, 1.807) is 0 Å². The Balaban J connectivity index is 4.58. The predicted molar refractivity (Wildman–Crippen MR) is 306 cm³/mol. The predicted octanol–water partition coefficient (Wildman–Crippen LogP) is 19.6. The first-order chi connectivity index (χ1) is 35.0. The molecular weight excluding hydrogens is 877 g/mol. The van der Waals surface area contributed by atoms with Crippen molar-refractivity contribution in [3.8, 4) is 0 Å². The Morgan fingerprint density at radius 2 is 0.592 bits per heavy atom. The Morgan fingerprint density at radius 3 is 0.986 bits per heavy atom. The third kappa shape index (κ3) is 56.6. The zero-order chi connectivity index (χ0) is 51.4. The molecule has 1 atom stereocenters. The first-order valence-electron chi connectivity index (χ1n) is 29.0. The molecule has 1 unspecified atom stereocenters. The van der Waals surface area contributed by atoms with Crippen LogP contribution in [-0.2, 0) is 28.6 Å². The van der Waals surface area contributed by atoms with E-state index in [-0.39, 0.29) is 44.0 Å². The van der Waals surface area contributed by atoms with Crippen molar-refractivity contribution in [2.75, 3.05) is 13.2 Å². The number of rotatable bonds is 51. The molecule has 71 heavy (non-hydrogen) atoms. The second kappa shape index (κ2) is 58.4. The fourth-order valence-electron chi connectivity index (χ4n) is 7.64. The minimum absolute atomic E-state index is 0.124. The molecule has 6 nitrogen and oxygen atoms in total. The second-order valence-electron chi connectivity index (χ2n) is 18.8. The van der Waals surface area contributed by atoms with Gasteiger partial charge in [0.1, 0.15) is 13.2 Å². The highest BCUT2D eigenvalue weighted by Crippen LogP contribution is 2.15. The van der Waals surface area contributed by atoms with Crippen molar-refractivity contribution in [2.45, 2.75) is 258 Å². The van der Waals surface area contributed by atoms with Crippen LogP contribution in [0, 0.1) is 0 Å². The highest BCUT2D eigenvalue weighted by molar-refractivity contribution is 5.71. The average Bonchev–Trinajstić information content (AvgIpc) is 3.37. The molecule has 0 aliphatic rings. The van der Waals surface area contributed by atoms with Crippen molar-refractivity contribution in [3.05, 3.63) is 122 Å². The first kappa shape index (κ1) is 66.8. The summed E-state index contributed by atoms with van der Waals surface area (Å²) in [5, 5.41) is 0. The molecule has 0 aromatic heterocycles. The lowest BCUT2D eigenvalue weighted by molar-refractivity contribution is -0.166. The number of hydrogen-bond acceptors (Lipinski definition) is 6. The molecule has 0 bridgehead atoms.